The van der Waals surface area contributed by atoms with Crippen molar-refractivity contribution in [3.8, 4) is 0 Å². The molecule has 6 atom stereocenters. The third kappa shape index (κ3) is 51.3. The first-order valence-corrected chi connectivity index (χ1v) is 29.5. The van der Waals surface area contributed by atoms with Gasteiger partial charge in [-0.3, -0.25) is 14.4 Å². The van der Waals surface area contributed by atoms with Gasteiger partial charge in [0.1, 0.15) is 12.7 Å². The number of carbonyl (C=O) groups excluding carboxylic acids is 3. The summed E-state index contributed by atoms with van der Waals surface area (Å²) in [5.74, 6) is -2.24. The van der Waals surface area contributed by atoms with Gasteiger partial charge in [0.15, 0.2) is 0 Å². The number of esters is 3. The first-order valence-electron chi connectivity index (χ1n) is 29.5. The summed E-state index contributed by atoms with van der Waals surface area (Å²) in [7, 11) is 0. The standard InChI is InChI=1S/C42H80O8.C17H34O4/c1-4-5-6-24-29-38(45)30-25-20-16-12-15-19-23-28-37(32-40(47)34-44)42(49)50-41(48)36(31-39(46)33-43)27-22-18-14-11-9-7-8-10-13-17-21-26-35(2)3;1-2-3-4-5-6-7-8-9-10-11-12-13-17(20)21-15-16(19)14-18/h20,25,35-40,43-47H,4-19,21-24,26-34H2,1-3H3;16,18-19H,2-15H2,1H3/b25-20-;/t36?,37?,38-,39?,40?;/m1./s1. The Hall–Kier alpha value is -1.93. The molecular formula is C59H114O12. The van der Waals surface area contributed by atoms with E-state index in [9.17, 15) is 39.9 Å². The summed E-state index contributed by atoms with van der Waals surface area (Å²) in [6, 6.07) is 0. The second-order valence-electron chi connectivity index (χ2n) is 21.1. The van der Waals surface area contributed by atoms with Crippen LogP contribution < -0.4 is 0 Å². The number of hydrogen-bond donors (Lipinski definition) is 7. The monoisotopic (exact) mass is 1010 g/mol. The fourth-order valence-corrected chi connectivity index (χ4v) is 8.82. The summed E-state index contributed by atoms with van der Waals surface area (Å²) in [6.07, 6.45) is 41.2. The first-order chi connectivity index (χ1) is 34.3. The van der Waals surface area contributed by atoms with Crippen LogP contribution >= 0.6 is 0 Å². The molecular weight excluding hydrogens is 901 g/mol. The van der Waals surface area contributed by atoms with Gasteiger partial charge in [0, 0.05) is 6.42 Å². The lowest BCUT2D eigenvalue weighted by atomic mass is 9.93. The zero-order valence-corrected chi connectivity index (χ0v) is 46.3. The molecule has 0 amide bonds. The van der Waals surface area contributed by atoms with Crippen LogP contribution in [0.15, 0.2) is 12.2 Å². The molecule has 0 fully saturated rings. The molecule has 422 valence electrons. The van der Waals surface area contributed by atoms with Crippen LogP contribution in [-0.2, 0) is 23.9 Å². The van der Waals surface area contributed by atoms with Crippen molar-refractivity contribution in [3.05, 3.63) is 12.2 Å². The van der Waals surface area contributed by atoms with Gasteiger partial charge in [-0.2, -0.15) is 0 Å². The van der Waals surface area contributed by atoms with Crippen molar-refractivity contribution in [3.63, 3.8) is 0 Å². The van der Waals surface area contributed by atoms with Crippen molar-refractivity contribution in [2.24, 2.45) is 17.8 Å². The summed E-state index contributed by atoms with van der Waals surface area (Å²) < 4.78 is 10.2. The Bertz CT molecular complexity index is 1180. The number of aliphatic hydroxyl groups excluding tert-OH is 7. The Labute approximate surface area is 434 Å². The van der Waals surface area contributed by atoms with E-state index in [2.05, 4.69) is 39.8 Å². The number of allylic oxidation sites excluding steroid dienone is 1. The predicted molar refractivity (Wildman–Crippen MR) is 290 cm³/mol. The molecule has 7 N–H and O–H groups in total. The molecule has 0 aromatic rings. The van der Waals surface area contributed by atoms with Crippen molar-refractivity contribution in [1.82, 2.24) is 0 Å². The molecule has 5 unspecified atom stereocenters. The number of rotatable bonds is 51. The van der Waals surface area contributed by atoms with E-state index in [-0.39, 0.29) is 38.1 Å². The van der Waals surface area contributed by atoms with Crippen molar-refractivity contribution < 1.29 is 59.6 Å². The van der Waals surface area contributed by atoms with Gasteiger partial charge in [-0.25, -0.2) is 0 Å². The molecule has 0 spiro atoms. The molecule has 0 heterocycles. The molecule has 0 aliphatic carbocycles. The van der Waals surface area contributed by atoms with Crippen molar-refractivity contribution in [2.45, 2.75) is 303 Å². The van der Waals surface area contributed by atoms with Crippen LogP contribution in [0.1, 0.15) is 278 Å². The number of hydrogen-bond acceptors (Lipinski definition) is 12. The molecule has 12 heteroatoms. The Morgan fingerprint density at radius 1 is 0.423 bits per heavy atom. The molecule has 0 rings (SSSR count). The highest BCUT2D eigenvalue weighted by Gasteiger charge is 2.30. The van der Waals surface area contributed by atoms with Crippen LogP contribution in [-0.4, -0.2) is 104 Å². The van der Waals surface area contributed by atoms with E-state index in [4.69, 9.17) is 19.7 Å². The minimum atomic E-state index is -1.07. The summed E-state index contributed by atoms with van der Waals surface area (Å²) in [5, 5.41) is 66.6. The number of ether oxygens (including phenoxy) is 2. The molecule has 0 bridgehead atoms. The second-order valence-corrected chi connectivity index (χ2v) is 21.1. The highest BCUT2D eigenvalue weighted by Crippen LogP contribution is 2.24. The van der Waals surface area contributed by atoms with Crippen LogP contribution in [0, 0.1) is 17.8 Å². The maximum atomic E-state index is 13.1. The second kappa shape index (κ2) is 54.3. The minimum Gasteiger partial charge on any atom is -0.463 e. The van der Waals surface area contributed by atoms with E-state index >= 15 is 0 Å². The average molecular weight is 1020 g/mol. The van der Waals surface area contributed by atoms with E-state index in [1.165, 1.54) is 128 Å². The molecule has 0 aliphatic rings. The van der Waals surface area contributed by atoms with Gasteiger partial charge in [-0.15, -0.1) is 0 Å². The van der Waals surface area contributed by atoms with Gasteiger partial charge < -0.3 is 45.2 Å². The van der Waals surface area contributed by atoms with Gasteiger partial charge in [-0.1, -0.05) is 226 Å². The van der Waals surface area contributed by atoms with Gasteiger partial charge in [-0.05, 0) is 63.7 Å². The fourth-order valence-electron chi connectivity index (χ4n) is 8.82. The third-order valence-corrected chi connectivity index (χ3v) is 13.5. The van der Waals surface area contributed by atoms with Crippen molar-refractivity contribution >= 4 is 17.9 Å². The Morgan fingerprint density at radius 2 is 0.789 bits per heavy atom. The maximum Gasteiger partial charge on any atom is 0.316 e. The number of aliphatic hydroxyl groups is 7. The number of unbranched alkanes of at least 4 members (excludes halogenated alkanes) is 27. The maximum absolute atomic E-state index is 13.1. The Balaban J connectivity index is 0. The molecule has 12 nitrogen and oxygen atoms in total. The average Bonchev–Trinajstić information content (AvgIpc) is 3.35. The lowest BCUT2D eigenvalue weighted by Crippen LogP contribution is -2.31. The molecule has 0 saturated carbocycles. The smallest absolute Gasteiger partial charge is 0.316 e. The van der Waals surface area contributed by atoms with Crippen LogP contribution in [0.4, 0.5) is 0 Å². The lowest BCUT2D eigenvalue weighted by Gasteiger charge is -2.21. The topological polar surface area (TPSA) is 211 Å². The van der Waals surface area contributed by atoms with Gasteiger partial charge in [0.2, 0.25) is 0 Å². The van der Waals surface area contributed by atoms with E-state index in [1.54, 1.807) is 0 Å². The lowest BCUT2D eigenvalue weighted by molar-refractivity contribution is -0.167. The molecule has 71 heavy (non-hydrogen) atoms. The molecule has 0 aromatic carbocycles. The third-order valence-electron chi connectivity index (χ3n) is 13.5. The van der Waals surface area contributed by atoms with Gasteiger partial charge >= 0.3 is 17.9 Å². The molecule has 0 aliphatic heterocycles. The summed E-state index contributed by atoms with van der Waals surface area (Å²) in [4.78, 5) is 37.5. The zero-order chi connectivity index (χ0) is 53.0. The van der Waals surface area contributed by atoms with E-state index < -0.39 is 55.3 Å². The minimum absolute atomic E-state index is 0.0220. The largest absolute Gasteiger partial charge is 0.463 e. The first kappa shape index (κ1) is 71.1. The van der Waals surface area contributed by atoms with Crippen LogP contribution in [0.3, 0.4) is 0 Å². The van der Waals surface area contributed by atoms with Crippen LogP contribution in [0.2, 0.25) is 0 Å². The van der Waals surface area contributed by atoms with E-state index in [1.807, 2.05) is 0 Å². The summed E-state index contributed by atoms with van der Waals surface area (Å²) in [6.45, 7) is 7.59. The zero-order valence-electron chi connectivity index (χ0n) is 46.3. The Morgan fingerprint density at radius 3 is 1.21 bits per heavy atom. The van der Waals surface area contributed by atoms with Gasteiger partial charge in [0.05, 0.1) is 50.0 Å². The van der Waals surface area contributed by atoms with E-state index in [0.717, 1.165) is 89.4 Å². The molecule has 0 radical (unpaired) electrons. The summed E-state index contributed by atoms with van der Waals surface area (Å²) >= 11 is 0. The van der Waals surface area contributed by atoms with Crippen LogP contribution in [0.5, 0.6) is 0 Å². The highest BCUT2D eigenvalue weighted by atomic mass is 16.6. The highest BCUT2D eigenvalue weighted by molar-refractivity contribution is 5.88. The normalized spacial score (nSPS) is 14.2. The van der Waals surface area contributed by atoms with Gasteiger partial charge in [0.25, 0.3) is 0 Å². The van der Waals surface area contributed by atoms with Crippen molar-refractivity contribution in [1.29, 1.82) is 0 Å². The van der Waals surface area contributed by atoms with Crippen LogP contribution in [0.25, 0.3) is 0 Å². The molecule has 0 aromatic heterocycles. The fraction of sp³-hybridized carbons (Fsp3) is 0.915. The summed E-state index contributed by atoms with van der Waals surface area (Å²) in [5.41, 5.74) is 0. The van der Waals surface area contributed by atoms with E-state index in [0.29, 0.717) is 25.7 Å². The number of carbonyl (C=O) groups is 3. The predicted octanol–water partition coefficient (Wildman–Crippen LogP) is 12.7. The quantitative estimate of drug-likeness (QED) is 0.0131. The molecule has 0 saturated heterocycles. The SMILES string of the molecule is CCCCCCCCCCCCCC(=O)OCC(O)CO.CCCCCC[C@@H](O)C/C=C\CCCCCCC(CC(O)CO)C(=O)OC(=O)C(CCCCCCCCCCCCCC(C)C)CC(O)CO. The Kier molecular flexibility index (Phi) is 54.4. The van der Waals surface area contributed by atoms with Crippen molar-refractivity contribution in [2.75, 3.05) is 26.4 Å².